The third-order valence-corrected chi connectivity index (χ3v) is 4.51. The summed E-state index contributed by atoms with van der Waals surface area (Å²) in [4.78, 5) is 2.09. The van der Waals surface area contributed by atoms with Crippen molar-refractivity contribution >= 4 is 15.9 Å². The minimum atomic E-state index is -0.491. The third-order valence-electron chi connectivity index (χ3n) is 3.90. The minimum absolute atomic E-state index is 0.147. The van der Waals surface area contributed by atoms with Gasteiger partial charge in [0.15, 0.2) is 0 Å². The van der Waals surface area contributed by atoms with Gasteiger partial charge in [0.05, 0.1) is 4.47 Å². The third kappa shape index (κ3) is 3.52. The van der Waals surface area contributed by atoms with Crippen LogP contribution >= 0.6 is 15.9 Å². The van der Waals surface area contributed by atoms with Crippen LogP contribution < -0.4 is 5.73 Å². The first-order valence-electron chi connectivity index (χ1n) is 6.59. The molecular formula is C14H19BrF2N2. The van der Waals surface area contributed by atoms with Gasteiger partial charge in [-0.15, -0.1) is 0 Å². The van der Waals surface area contributed by atoms with Crippen molar-refractivity contribution in [1.82, 2.24) is 4.90 Å². The smallest absolute Gasteiger partial charge is 0.144 e. The summed E-state index contributed by atoms with van der Waals surface area (Å²) in [5.74, 6) is -0.446. The SMILES string of the molecule is CC(N)C1CCN(Cc2c(F)ccc(Br)c2F)CC1. The van der Waals surface area contributed by atoms with Gasteiger partial charge in [-0.05, 0) is 66.8 Å². The van der Waals surface area contributed by atoms with Gasteiger partial charge in [-0.3, -0.25) is 4.90 Å². The van der Waals surface area contributed by atoms with E-state index < -0.39 is 11.6 Å². The van der Waals surface area contributed by atoms with Gasteiger partial charge in [-0.25, -0.2) is 8.78 Å². The van der Waals surface area contributed by atoms with Crippen molar-refractivity contribution < 1.29 is 8.78 Å². The van der Waals surface area contributed by atoms with E-state index in [4.69, 9.17) is 5.73 Å². The number of nitrogens with two attached hydrogens (primary N) is 1. The average molecular weight is 333 g/mol. The second-order valence-electron chi connectivity index (χ2n) is 5.29. The summed E-state index contributed by atoms with van der Waals surface area (Å²) < 4.78 is 27.9. The maximum Gasteiger partial charge on any atom is 0.144 e. The average Bonchev–Trinajstić information content (AvgIpc) is 2.40. The maximum absolute atomic E-state index is 13.9. The number of likely N-dealkylation sites (tertiary alicyclic amines) is 1. The largest absolute Gasteiger partial charge is 0.328 e. The van der Waals surface area contributed by atoms with E-state index in [1.54, 1.807) is 0 Å². The number of halogens is 3. The van der Waals surface area contributed by atoms with Gasteiger partial charge in [0, 0.05) is 18.2 Å². The van der Waals surface area contributed by atoms with Crippen LogP contribution in [0.15, 0.2) is 16.6 Å². The Morgan fingerprint density at radius 2 is 2.00 bits per heavy atom. The van der Waals surface area contributed by atoms with Crippen LogP contribution in [0.25, 0.3) is 0 Å². The molecule has 2 N–H and O–H groups in total. The van der Waals surface area contributed by atoms with Crippen LogP contribution in [0.2, 0.25) is 0 Å². The molecule has 5 heteroatoms. The second-order valence-corrected chi connectivity index (χ2v) is 6.15. The Kier molecular flexibility index (Phi) is 4.92. The van der Waals surface area contributed by atoms with E-state index in [-0.39, 0.29) is 11.6 Å². The first-order chi connectivity index (χ1) is 8.99. The Labute approximate surface area is 121 Å². The molecule has 0 saturated carbocycles. The predicted octanol–water partition coefficient (Wildman–Crippen LogP) is 3.29. The van der Waals surface area contributed by atoms with Gasteiger partial charge in [-0.2, -0.15) is 0 Å². The maximum atomic E-state index is 13.9. The highest BCUT2D eigenvalue weighted by atomic mass is 79.9. The summed E-state index contributed by atoms with van der Waals surface area (Å²) in [5.41, 5.74) is 6.04. The molecule has 0 bridgehead atoms. The molecule has 0 radical (unpaired) electrons. The second kappa shape index (κ2) is 6.29. The fourth-order valence-electron chi connectivity index (χ4n) is 2.57. The number of hydrogen-bond acceptors (Lipinski definition) is 2. The molecular weight excluding hydrogens is 314 g/mol. The van der Waals surface area contributed by atoms with Gasteiger partial charge in [-0.1, -0.05) is 0 Å². The van der Waals surface area contributed by atoms with Crippen LogP contribution in [0.3, 0.4) is 0 Å². The van der Waals surface area contributed by atoms with Gasteiger partial charge in [0.1, 0.15) is 11.6 Å². The molecule has 1 saturated heterocycles. The van der Waals surface area contributed by atoms with Crippen molar-refractivity contribution in [2.24, 2.45) is 11.7 Å². The topological polar surface area (TPSA) is 29.3 Å². The van der Waals surface area contributed by atoms with Gasteiger partial charge < -0.3 is 5.73 Å². The van der Waals surface area contributed by atoms with E-state index in [1.165, 1.54) is 12.1 Å². The van der Waals surface area contributed by atoms with E-state index >= 15 is 0 Å². The highest BCUT2D eigenvalue weighted by molar-refractivity contribution is 9.10. The fraction of sp³-hybridized carbons (Fsp3) is 0.571. The number of benzene rings is 1. The molecule has 1 aromatic rings. The lowest BCUT2D eigenvalue weighted by Crippen LogP contribution is -2.39. The molecule has 1 aliphatic heterocycles. The monoisotopic (exact) mass is 332 g/mol. The van der Waals surface area contributed by atoms with Crippen molar-refractivity contribution in [3.8, 4) is 0 Å². The predicted molar refractivity (Wildman–Crippen MR) is 75.7 cm³/mol. The number of piperidine rings is 1. The molecule has 0 aromatic heterocycles. The van der Waals surface area contributed by atoms with E-state index in [0.717, 1.165) is 25.9 Å². The minimum Gasteiger partial charge on any atom is -0.328 e. The fourth-order valence-corrected chi connectivity index (χ4v) is 2.95. The normalized spacial score (nSPS) is 19.6. The molecule has 1 aromatic carbocycles. The quantitative estimate of drug-likeness (QED) is 0.860. The highest BCUT2D eigenvalue weighted by Crippen LogP contribution is 2.25. The van der Waals surface area contributed by atoms with E-state index in [0.29, 0.717) is 16.9 Å². The lowest BCUT2D eigenvalue weighted by atomic mass is 9.91. The molecule has 1 aliphatic rings. The summed E-state index contributed by atoms with van der Waals surface area (Å²) in [5, 5.41) is 0. The zero-order valence-electron chi connectivity index (χ0n) is 11.0. The number of hydrogen-bond donors (Lipinski definition) is 1. The zero-order valence-corrected chi connectivity index (χ0v) is 12.6. The summed E-state index contributed by atoms with van der Waals surface area (Å²) in [6, 6.07) is 2.90. The summed E-state index contributed by atoms with van der Waals surface area (Å²) in [7, 11) is 0. The lowest BCUT2D eigenvalue weighted by Gasteiger charge is -2.33. The molecule has 2 nitrogen and oxygen atoms in total. The van der Waals surface area contributed by atoms with Crippen LogP contribution in [0, 0.1) is 17.6 Å². The van der Waals surface area contributed by atoms with Crippen LogP contribution in [-0.2, 0) is 6.54 Å². The van der Waals surface area contributed by atoms with E-state index in [2.05, 4.69) is 20.8 Å². The van der Waals surface area contributed by atoms with Crippen molar-refractivity contribution in [3.05, 3.63) is 33.8 Å². The molecule has 19 heavy (non-hydrogen) atoms. The van der Waals surface area contributed by atoms with E-state index in [9.17, 15) is 8.78 Å². The molecule has 1 atom stereocenters. The Morgan fingerprint density at radius 3 is 2.58 bits per heavy atom. The standard InChI is InChI=1S/C14H19BrF2N2/c1-9(18)10-4-6-19(7-5-10)8-11-13(16)3-2-12(15)14(11)17/h2-3,9-10H,4-8,18H2,1H3. The summed E-state index contributed by atoms with van der Waals surface area (Å²) in [6.45, 7) is 4.03. The zero-order chi connectivity index (χ0) is 14.0. The van der Waals surface area contributed by atoms with Crippen LogP contribution in [0.4, 0.5) is 8.78 Å². The van der Waals surface area contributed by atoms with Crippen molar-refractivity contribution in [2.45, 2.75) is 32.4 Å². The molecule has 0 spiro atoms. The van der Waals surface area contributed by atoms with Gasteiger partial charge >= 0.3 is 0 Å². The van der Waals surface area contributed by atoms with Crippen molar-refractivity contribution in [2.75, 3.05) is 13.1 Å². The van der Waals surface area contributed by atoms with Crippen LogP contribution in [-0.4, -0.2) is 24.0 Å². The molecule has 1 fully saturated rings. The van der Waals surface area contributed by atoms with Crippen molar-refractivity contribution in [3.63, 3.8) is 0 Å². The number of rotatable bonds is 3. The number of nitrogens with zero attached hydrogens (tertiary/aromatic N) is 1. The van der Waals surface area contributed by atoms with Crippen LogP contribution in [0.1, 0.15) is 25.3 Å². The molecule has 106 valence electrons. The summed E-state index contributed by atoms with van der Waals surface area (Å²) in [6.07, 6.45) is 1.99. The van der Waals surface area contributed by atoms with Crippen LogP contribution in [0.5, 0.6) is 0 Å². The summed E-state index contributed by atoms with van der Waals surface area (Å²) >= 11 is 3.10. The first-order valence-corrected chi connectivity index (χ1v) is 7.38. The Bertz CT molecular complexity index is 443. The molecule has 2 rings (SSSR count). The van der Waals surface area contributed by atoms with Gasteiger partial charge in [0.2, 0.25) is 0 Å². The van der Waals surface area contributed by atoms with Gasteiger partial charge in [0.25, 0.3) is 0 Å². The molecule has 1 unspecified atom stereocenters. The van der Waals surface area contributed by atoms with E-state index in [1.807, 2.05) is 6.92 Å². The Hall–Kier alpha value is -0.520. The Morgan fingerprint density at radius 1 is 1.37 bits per heavy atom. The highest BCUT2D eigenvalue weighted by Gasteiger charge is 2.23. The molecule has 1 heterocycles. The first kappa shape index (κ1) is 14.9. The Balaban J connectivity index is 2.02. The molecule has 0 aliphatic carbocycles. The van der Waals surface area contributed by atoms with Crippen molar-refractivity contribution in [1.29, 1.82) is 0 Å². The lowest BCUT2D eigenvalue weighted by molar-refractivity contribution is 0.162. The molecule has 0 amide bonds.